The second kappa shape index (κ2) is 7.35. The number of carboxylic acid groups (broad SMARTS) is 1. The van der Waals surface area contributed by atoms with Crippen LogP contribution in [0.25, 0.3) is 16.9 Å². The second-order valence-electron chi connectivity index (χ2n) is 6.22. The van der Waals surface area contributed by atoms with Crippen molar-refractivity contribution in [2.24, 2.45) is 0 Å². The first-order chi connectivity index (χ1) is 12.7. The Labute approximate surface area is 156 Å². The molecule has 1 saturated heterocycles. The number of para-hydroxylation sites is 1. The summed E-state index contributed by atoms with van der Waals surface area (Å²) in [6.07, 6.45) is 2.62. The molecule has 0 amide bonds. The van der Waals surface area contributed by atoms with Gasteiger partial charge in [0.25, 0.3) is 0 Å². The van der Waals surface area contributed by atoms with Gasteiger partial charge in [0.05, 0.1) is 23.0 Å². The first kappa shape index (κ1) is 16.9. The second-order valence-corrected chi connectivity index (χ2v) is 7.45. The summed E-state index contributed by atoms with van der Waals surface area (Å²) < 4.78 is 1.96. The summed E-state index contributed by atoms with van der Waals surface area (Å²) in [5.74, 6) is -0.198. The zero-order chi connectivity index (χ0) is 17.9. The van der Waals surface area contributed by atoms with Crippen LogP contribution in [0.15, 0.2) is 66.9 Å². The van der Waals surface area contributed by atoms with Crippen LogP contribution in [0.5, 0.6) is 0 Å². The van der Waals surface area contributed by atoms with Crippen LogP contribution in [0.3, 0.4) is 0 Å². The average Bonchev–Trinajstić information content (AvgIpc) is 3.31. The molecule has 0 spiro atoms. The molecule has 2 N–H and O–H groups in total. The van der Waals surface area contributed by atoms with Crippen molar-refractivity contribution < 1.29 is 9.90 Å². The number of aliphatic carboxylic acids is 1. The highest BCUT2D eigenvalue weighted by Gasteiger charge is 2.30. The maximum Gasteiger partial charge on any atom is 0.321 e. The van der Waals surface area contributed by atoms with E-state index in [1.807, 2.05) is 59.4 Å². The number of hydrogen-bond donors (Lipinski definition) is 2. The predicted octanol–water partition coefficient (Wildman–Crippen LogP) is 3.20. The summed E-state index contributed by atoms with van der Waals surface area (Å²) in [5.41, 5.74) is 4.27. The van der Waals surface area contributed by atoms with E-state index in [4.69, 9.17) is 0 Å². The summed E-state index contributed by atoms with van der Waals surface area (Å²) in [4.78, 5) is 11.2. The number of rotatable bonds is 5. The molecule has 132 valence electrons. The van der Waals surface area contributed by atoms with E-state index in [1.54, 1.807) is 11.8 Å². The number of benzene rings is 2. The van der Waals surface area contributed by atoms with Crippen LogP contribution in [0.2, 0.25) is 0 Å². The molecule has 0 bridgehead atoms. The molecule has 2 heterocycles. The smallest absolute Gasteiger partial charge is 0.321 e. The molecule has 26 heavy (non-hydrogen) atoms. The Morgan fingerprint density at radius 1 is 1.15 bits per heavy atom. The van der Waals surface area contributed by atoms with E-state index in [0.29, 0.717) is 5.75 Å². The number of aromatic nitrogens is 2. The Bertz CT molecular complexity index is 896. The van der Waals surface area contributed by atoms with Crippen LogP contribution < -0.4 is 5.32 Å². The molecule has 2 atom stereocenters. The molecule has 1 aliphatic heterocycles. The van der Waals surface area contributed by atoms with Crippen molar-refractivity contribution in [1.29, 1.82) is 0 Å². The van der Waals surface area contributed by atoms with Crippen LogP contribution in [0.4, 0.5) is 0 Å². The third-order valence-electron chi connectivity index (χ3n) is 4.45. The van der Waals surface area contributed by atoms with E-state index in [-0.39, 0.29) is 5.37 Å². The highest BCUT2D eigenvalue weighted by atomic mass is 32.2. The lowest BCUT2D eigenvalue weighted by atomic mass is 10.1. The van der Waals surface area contributed by atoms with Gasteiger partial charge in [0.2, 0.25) is 0 Å². The van der Waals surface area contributed by atoms with Gasteiger partial charge in [-0.25, -0.2) is 4.68 Å². The summed E-state index contributed by atoms with van der Waals surface area (Å²) in [5, 5.41) is 17.1. The lowest BCUT2D eigenvalue weighted by molar-refractivity contribution is -0.138. The predicted molar refractivity (Wildman–Crippen MR) is 104 cm³/mol. The number of nitrogens with one attached hydrogen (secondary N) is 1. The molecular formula is C20H19N3O2S. The molecule has 2 unspecified atom stereocenters. The van der Waals surface area contributed by atoms with Crippen molar-refractivity contribution in [3.8, 4) is 16.9 Å². The summed E-state index contributed by atoms with van der Waals surface area (Å²) in [6.45, 7) is 0. The van der Waals surface area contributed by atoms with Gasteiger partial charge in [-0.15, -0.1) is 11.8 Å². The SMILES string of the molecule is O=C(O)C1CSC(Cc2cnn(-c3ccccc3)c2-c2ccccc2)N1. The molecule has 1 aliphatic rings. The Kier molecular flexibility index (Phi) is 4.77. The van der Waals surface area contributed by atoms with Crippen molar-refractivity contribution in [1.82, 2.24) is 15.1 Å². The van der Waals surface area contributed by atoms with E-state index in [1.165, 1.54) is 0 Å². The van der Waals surface area contributed by atoms with Crippen molar-refractivity contribution >= 4 is 17.7 Å². The van der Waals surface area contributed by atoms with Gasteiger partial charge in [0.15, 0.2) is 0 Å². The van der Waals surface area contributed by atoms with Crippen molar-refractivity contribution in [2.45, 2.75) is 17.8 Å². The monoisotopic (exact) mass is 365 g/mol. The summed E-state index contributed by atoms with van der Waals surface area (Å²) >= 11 is 1.65. The summed E-state index contributed by atoms with van der Waals surface area (Å²) in [6, 6.07) is 19.8. The molecule has 2 aromatic carbocycles. The molecule has 5 nitrogen and oxygen atoms in total. The zero-order valence-corrected chi connectivity index (χ0v) is 14.9. The fourth-order valence-corrected chi connectivity index (χ4v) is 4.41. The van der Waals surface area contributed by atoms with Gasteiger partial charge in [-0.05, 0) is 12.1 Å². The molecule has 3 aromatic rings. The maximum absolute atomic E-state index is 11.2. The van der Waals surface area contributed by atoms with E-state index >= 15 is 0 Å². The number of carboxylic acids is 1. The van der Waals surface area contributed by atoms with Gasteiger partial charge < -0.3 is 5.11 Å². The maximum atomic E-state index is 11.2. The van der Waals surface area contributed by atoms with E-state index in [9.17, 15) is 9.90 Å². The van der Waals surface area contributed by atoms with E-state index in [2.05, 4.69) is 22.5 Å². The number of carbonyl (C=O) groups is 1. The van der Waals surface area contributed by atoms with Crippen LogP contribution in [0.1, 0.15) is 5.56 Å². The fraction of sp³-hybridized carbons (Fsp3) is 0.200. The van der Waals surface area contributed by atoms with Crippen molar-refractivity contribution in [3.63, 3.8) is 0 Å². The Hall–Kier alpha value is -2.57. The van der Waals surface area contributed by atoms with Gasteiger partial charge in [-0.1, -0.05) is 48.5 Å². The lowest BCUT2D eigenvalue weighted by Crippen LogP contribution is -2.37. The Balaban J connectivity index is 1.69. The standard InChI is InChI=1S/C20H19N3O2S/c24-20(25)17-13-26-18(22-17)11-15-12-21-23(16-9-5-2-6-10-16)19(15)14-7-3-1-4-8-14/h1-10,12,17-18,22H,11,13H2,(H,24,25). The Morgan fingerprint density at radius 3 is 2.50 bits per heavy atom. The topological polar surface area (TPSA) is 67.1 Å². The number of thioether (sulfide) groups is 1. The van der Waals surface area contributed by atoms with Crippen LogP contribution in [-0.4, -0.2) is 38.0 Å². The summed E-state index contributed by atoms with van der Waals surface area (Å²) in [7, 11) is 0. The zero-order valence-electron chi connectivity index (χ0n) is 14.1. The molecule has 0 radical (unpaired) electrons. The minimum absolute atomic E-state index is 0.0759. The molecule has 0 aliphatic carbocycles. The molecule has 6 heteroatoms. The number of hydrogen-bond acceptors (Lipinski definition) is 4. The number of nitrogens with zero attached hydrogens (tertiary/aromatic N) is 2. The highest BCUT2D eigenvalue weighted by Crippen LogP contribution is 2.30. The van der Waals surface area contributed by atoms with Crippen molar-refractivity contribution in [3.05, 3.63) is 72.4 Å². The Morgan fingerprint density at radius 2 is 1.85 bits per heavy atom. The third kappa shape index (κ3) is 3.38. The lowest BCUT2D eigenvalue weighted by Gasteiger charge is -2.13. The quantitative estimate of drug-likeness (QED) is 0.727. The minimum Gasteiger partial charge on any atom is -0.480 e. The fourth-order valence-electron chi connectivity index (χ4n) is 3.19. The molecular weight excluding hydrogens is 346 g/mol. The van der Waals surface area contributed by atoms with E-state index in [0.717, 1.165) is 28.9 Å². The first-order valence-electron chi connectivity index (χ1n) is 8.50. The minimum atomic E-state index is -0.789. The third-order valence-corrected chi connectivity index (χ3v) is 5.68. The van der Waals surface area contributed by atoms with Crippen molar-refractivity contribution in [2.75, 3.05) is 5.75 Å². The average molecular weight is 365 g/mol. The highest BCUT2D eigenvalue weighted by molar-refractivity contribution is 8.00. The van der Waals surface area contributed by atoms with E-state index < -0.39 is 12.0 Å². The first-order valence-corrected chi connectivity index (χ1v) is 9.55. The van der Waals surface area contributed by atoms with Gasteiger partial charge in [-0.2, -0.15) is 5.10 Å². The normalized spacial score (nSPS) is 19.5. The van der Waals surface area contributed by atoms with Gasteiger partial charge in [0, 0.05) is 23.3 Å². The van der Waals surface area contributed by atoms with Crippen LogP contribution in [-0.2, 0) is 11.2 Å². The van der Waals surface area contributed by atoms with Crippen LogP contribution in [0, 0.1) is 0 Å². The largest absolute Gasteiger partial charge is 0.480 e. The molecule has 1 fully saturated rings. The van der Waals surface area contributed by atoms with Gasteiger partial charge >= 0.3 is 5.97 Å². The van der Waals surface area contributed by atoms with Gasteiger partial charge in [0.1, 0.15) is 6.04 Å². The molecule has 0 saturated carbocycles. The van der Waals surface area contributed by atoms with Crippen LogP contribution >= 0.6 is 11.8 Å². The molecule has 1 aromatic heterocycles. The van der Waals surface area contributed by atoms with Gasteiger partial charge in [-0.3, -0.25) is 10.1 Å². The molecule has 4 rings (SSSR count).